The van der Waals surface area contributed by atoms with E-state index >= 15 is 0 Å². The Hall–Kier alpha value is -3.01. The molecule has 0 aliphatic carbocycles. The van der Waals surface area contributed by atoms with E-state index in [4.69, 9.17) is 4.74 Å². The standard InChI is InChI=1S/C17H17F3N4O3/c1-10(25)9-21-16-23-22-15(13-4-3-7-24(13)16)12-6-5-11(26-2)8-14(12)27-17(18,19)20/h3-8,10,25H,9H2,1-2H3,(H,21,23)/t10-/m1/s1. The van der Waals surface area contributed by atoms with Crippen molar-refractivity contribution in [2.45, 2.75) is 19.4 Å². The van der Waals surface area contributed by atoms with Crippen LogP contribution in [0.25, 0.3) is 16.8 Å². The van der Waals surface area contributed by atoms with E-state index in [1.807, 2.05) is 0 Å². The van der Waals surface area contributed by atoms with Gasteiger partial charge in [0.15, 0.2) is 0 Å². The van der Waals surface area contributed by atoms with Crippen LogP contribution in [0.15, 0.2) is 36.5 Å². The number of alkyl halides is 3. The highest BCUT2D eigenvalue weighted by Crippen LogP contribution is 2.37. The zero-order chi connectivity index (χ0) is 19.6. The molecule has 0 fully saturated rings. The molecule has 27 heavy (non-hydrogen) atoms. The van der Waals surface area contributed by atoms with E-state index < -0.39 is 18.2 Å². The minimum absolute atomic E-state index is 0.117. The van der Waals surface area contributed by atoms with Gasteiger partial charge in [0, 0.05) is 24.4 Å². The summed E-state index contributed by atoms with van der Waals surface area (Å²) in [7, 11) is 1.35. The number of hydrogen-bond donors (Lipinski definition) is 2. The van der Waals surface area contributed by atoms with Gasteiger partial charge in [0.25, 0.3) is 0 Å². The van der Waals surface area contributed by atoms with Gasteiger partial charge in [0.1, 0.15) is 17.2 Å². The van der Waals surface area contributed by atoms with Crippen molar-refractivity contribution < 1.29 is 27.8 Å². The van der Waals surface area contributed by atoms with E-state index in [1.165, 1.54) is 19.2 Å². The number of halogens is 3. The average Bonchev–Trinajstić information content (AvgIpc) is 3.08. The van der Waals surface area contributed by atoms with Crippen LogP contribution in [0, 0.1) is 0 Å². The van der Waals surface area contributed by atoms with Crippen molar-refractivity contribution >= 4 is 11.5 Å². The molecule has 2 heterocycles. The summed E-state index contributed by atoms with van der Waals surface area (Å²) in [6.07, 6.45) is -3.79. The summed E-state index contributed by atoms with van der Waals surface area (Å²) >= 11 is 0. The van der Waals surface area contributed by atoms with Gasteiger partial charge in [-0.15, -0.1) is 23.4 Å². The van der Waals surface area contributed by atoms with Crippen molar-refractivity contribution in [2.75, 3.05) is 19.0 Å². The lowest BCUT2D eigenvalue weighted by atomic mass is 10.1. The molecular weight excluding hydrogens is 365 g/mol. The van der Waals surface area contributed by atoms with Crippen molar-refractivity contribution in [3.05, 3.63) is 36.5 Å². The highest BCUT2D eigenvalue weighted by atomic mass is 19.4. The Kier molecular flexibility index (Phi) is 5.08. The molecule has 0 amide bonds. The molecular formula is C17H17F3N4O3. The molecule has 1 aromatic carbocycles. The fraction of sp³-hybridized carbons (Fsp3) is 0.294. The van der Waals surface area contributed by atoms with E-state index in [1.54, 1.807) is 29.7 Å². The van der Waals surface area contributed by atoms with E-state index in [9.17, 15) is 18.3 Å². The minimum Gasteiger partial charge on any atom is -0.497 e. The zero-order valence-corrected chi connectivity index (χ0v) is 14.5. The number of rotatable bonds is 6. The SMILES string of the molecule is COc1ccc(-c2nnc(NC[C@@H](C)O)n3cccc23)c(OC(F)(F)F)c1. The molecule has 1 atom stereocenters. The van der Waals surface area contributed by atoms with Gasteiger partial charge in [-0.25, -0.2) is 0 Å². The van der Waals surface area contributed by atoms with E-state index in [2.05, 4.69) is 20.3 Å². The van der Waals surface area contributed by atoms with Crippen LogP contribution in [-0.4, -0.2) is 45.8 Å². The van der Waals surface area contributed by atoms with Crippen LogP contribution < -0.4 is 14.8 Å². The summed E-state index contributed by atoms with van der Waals surface area (Å²) in [5.41, 5.74) is 0.853. The highest BCUT2D eigenvalue weighted by Gasteiger charge is 2.33. The third kappa shape index (κ3) is 4.22. The summed E-state index contributed by atoms with van der Waals surface area (Å²) in [6.45, 7) is 1.85. The first-order valence-electron chi connectivity index (χ1n) is 7.98. The first-order chi connectivity index (χ1) is 12.8. The Bertz CT molecular complexity index is 941. The van der Waals surface area contributed by atoms with Crippen LogP contribution in [0.2, 0.25) is 0 Å². The monoisotopic (exact) mass is 382 g/mol. The maximum absolute atomic E-state index is 12.8. The average molecular weight is 382 g/mol. The number of nitrogens with zero attached hydrogens (tertiary/aromatic N) is 3. The number of hydrogen-bond acceptors (Lipinski definition) is 6. The van der Waals surface area contributed by atoms with Crippen LogP contribution in [0.4, 0.5) is 19.1 Å². The summed E-state index contributed by atoms with van der Waals surface area (Å²) in [6, 6.07) is 7.49. The second kappa shape index (κ2) is 7.31. The van der Waals surface area contributed by atoms with Gasteiger partial charge in [-0.3, -0.25) is 4.40 Å². The van der Waals surface area contributed by atoms with Crippen molar-refractivity contribution in [3.63, 3.8) is 0 Å². The second-order valence-electron chi connectivity index (χ2n) is 5.78. The van der Waals surface area contributed by atoms with Gasteiger partial charge >= 0.3 is 6.36 Å². The number of methoxy groups -OCH3 is 1. The smallest absolute Gasteiger partial charge is 0.497 e. The maximum atomic E-state index is 12.8. The largest absolute Gasteiger partial charge is 0.573 e. The fourth-order valence-electron chi connectivity index (χ4n) is 2.54. The molecule has 0 saturated heterocycles. The topological polar surface area (TPSA) is 80.9 Å². The molecule has 2 aromatic heterocycles. The van der Waals surface area contributed by atoms with Crippen LogP contribution in [-0.2, 0) is 0 Å². The second-order valence-corrected chi connectivity index (χ2v) is 5.78. The van der Waals surface area contributed by atoms with Crippen molar-refractivity contribution in [3.8, 4) is 22.8 Å². The van der Waals surface area contributed by atoms with Gasteiger partial charge in [-0.05, 0) is 31.2 Å². The molecule has 0 saturated carbocycles. The first-order valence-corrected chi connectivity index (χ1v) is 7.98. The summed E-state index contributed by atoms with van der Waals surface area (Å²) in [5, 5.41) is 20.4. The number of ether oxygens (including phenoxy) is 2. The molecule has 10 heteroatoms. The molecule has 2 N–H and O–H groups in total. The van der Waals surface area contributed by atoms with Crippen LogP contribution >= 0.6 is 0 Å². The number of nitrogens with one attached hydrogen (secondary N) is 1. The molecule has 0 aliphatic rings. The molecule has 0 spiro atoms. The minimum atomic E-state index is -4.87. The van der Waals surface area contributed by atoms with Crippen LogP contribution in [0.5, 0.6) is 11.5 Å². The van der Waals surface area contributed by atoms with Crippen molar-refractivity contribution in [1.29, 1.82) is 0 Å². The Morgan fingerprint density at radius 3 is 2.70 bits per heavy atom. The zero-order valence-electron chi connectivity index (χ0n) is 14.5. The van der Waals surface area contributed by atoms with Crippen molar-refractivity contribution in [1.82, 2.24) is 14.6 Å². The first kappa shape index (κ1) is 18.8. The molecule has 0 bridgehead atoms. The van der Waals surface area contributed by atoms with Gasteiger partial charge in [-0.1, -0.05) is 0 Å². The lowest BCUT2D eigenvalue weighted by Crippen LogP contribution is -2.19. The number of fused-ring (bicyclic) bond motifs is 1. The summed E-state index contributed by atoms with van der Waals surface area (Å²) in [5.74, 6) is 0.128. The molecule has 0 aliphatic heterocycles. The van der Waals surface area contributed by atoms with E-state index in [0.29, 0.717) is 11.5 Å². The van der Waals surface area contributed by atoms with Gasteiger partial charge in [0.2, 0.25) is 5.95 Å². The Labute approximate surface area is 152 Å². The molecule has 3 rings (SSSR count). The third-order valence-electron chi connectivity index (χ3n) is 3.69. The lowest BCUT2D eigenvalue weighted by molar-refractivity contribution is -0.274. The number of aromatic nitrogens is 3. The number of benzene rings is 1. The van der Waals surface area contributed by atoms with Gasteiger partial charge in [-0.2, -0.15) is 0 Å². The van der Waals surface area contributed by atoms with E-state index in [-0.39, 0.29) is 23.6 Å². The van der Waals surface area contributed by atoms with Gasteiger partial charge < -0.3 is 19.9 Å². The highest BCUT2D eigenvalue weighted by molar-refractivity contribution is 5.81. The summed E-state index contributed by atoms with van der Waals surface area (Å²) in [4.78, 5) is 0. The molecule has 3 aromatic rings. The predicted octanol–water partition coefficient (Wildman–Crippen LogP) is 3.10. The Balaban J connectivity index is 2.10. The molecule has 0 radical (unpaired) electrons. The lowest BCUT2D eigenvalue weighted by Gasteiger charge is -2.15. The Morgan fingerprint density at radius 2 is 2.04 bits per heavy atom. The predicted molar refractivity (Wildman–Crippen MR) is 91.8 cm³/mol. The quantitative estimate of drug-likeness (QED) is 0.682. The number of anilines is 1. The molecule has 144 valence electrons. The fourth-order valence-corrected chi connectivity index (χ4v) is 2.54. The summed E-state index contributed by atoms with van der Waals surface area (Å²) < 4.78 is 49.3. The van der Waals surface area contributed by atoms with Crippen molar-refractivity contribution in [2.24, 2.45) is 0 Å². The normalized spacial score (nSPS) is 12.8. The van der Waals surface area contributed by atoms with Crippen LogP contribution in [0.1, 0.15) is 6.92 Å². The third-order valence-corrected chi connectivity index (χ3v) is 3.69. The Morgan fingerprint density at radius 1 is 1.26 bits per heavy atom. The maximum Gasteiger partial charge on any atom is 0.573 e. The number of aliphatic hydroxyl groups excluding tert-OH is 1. The van der Waals surface area contributed by atoms with Gasteiger partial charge in [0.05, 0.1) is 18.7 Å². The van der Waals surface area contributed by atoms with E-state index in [0.717, 1.165) is 6.07 Å². The molecule has 0 unspecified atom stereocenters. The van der Waals surface area contributed by atoms with Crippen LogP contribution in [0.3, 0.4) is 0 Å². The molecule has 7 nitrogen and oxygen atoms in total. The number of aliphatic hydroxyl groups is 1.